The summed E-state index contributed by atoms with van der Waals surface area (Å²) in [7, 11) is 0. The van der Waals surface area contributed by atoms with Crippen molar-refractivity contribution in [2.75, 3.05) is 13.2 Å². The molecule has 0 aliphatic heterocycles. The van der Waals surface area contributed by atoms with Crippen molar-refractivity contribution in [2.24, 2.45) is 0 Å². The first kappa shape index (κ1) is 18.4. The van der Waals surface area contributed by atoms with Crippen LogP contribution in [-0.2, 0) is 6.42 Å². The summed E-state index contributed by atoms with van der Waals surface area (Å²) in [6, 6.07) is 13.6. The molecule has 0 spiro atoms. The second-order valence-electron chi connectivity index (χ2n) is 5.80. The van der Waals surface area contributed by atoms with Gasteiger partial charge in [0.05, 0.1) is 6.54 Å². The highest BCUT2D eigenvalue weighted by atomic mass is 16.5. The molecule has 0 unspecified atom stereocenters. The maximum atomic E-state index is 12.1. The maximum Gasteiger partial charge on any atom is 0.252 e. The molecule has 2 aromatic carbocycles. The molecule has 0 aliphatic carbocycles. The van der Waals surface area contributed by atoms with Gasteiger partial charge in [0.15, 0.2) is 0 Å². The first-order chi connectivity index (χ1) is 12.1. The molecule has 0 radical (unpaired) electrons. The zero-order valence-electron chi connectivity index (χ0n) is 14.8. The number of ether oxygens (including phenoxy) is 1. The van der Waals surface area contributed by atoms with Gasteiger partial charge >= 0.3 is 0 Å². The number of benzene rings is 2. The number of amides is 1. The van der Waals surface area contributed by atoms with Gasteiger partial charge in [0.2, 0.25) is 0 Å². The molecule has 3 heteroatoms. The van der Waals surface area contributed by atoms with Crippen LogP contribution >= 0.6 is 0 Å². The first-order valence-electron chi connectivity index (χ1n) is 8.24. The van der Waals surface area contributed by atoms with Crippen LogP contribution in [0.5, 0.6) is 5.75 Å². The number of nitrogens with one attached hydrogen (secondary N) is 1. The van der Waals surface area contributed by atoms with Gasteiger partial charge in [-0.2, -0.15) is 0 Å². The molecule has 0 atom stereocenters. The smallest absolute Gasteiger partial charge is 0.252 e. The van der Waals surface area contributed by atoms with Crippen LogP contribution in [0.25, 0.3) is 0 Å². The van der Waals surface area contributed by atoms with Crippen LogP contribution in [0.15, 0.2) is 55.1 Å². The molecule has 3 nitrogen and oxygen atoms in total. The van der Waals surface area contributed by atoms with Gasteiger partial charge in [-0.15, -0.1) is 6.58 Å². The van der Waals surface area contributed by atoms with Crippen LogP contribution in [0.3, 0.4) is 0 Å². The number of carbonyl (C=O) groups excluding carboxylic acids is 1. The monoisotopic (exact) mass is 333 g/mol. The number of hydrogen-bond donors (Lipinski definition) is 1. The molecule has 0 bridgehead atoms. The third-order valence-corrected chi connectivity index (χ3v) is 3.58. The number of para-hydroxylation sites is 1. The molecular formula is C22H23NO2. The minimum absolute atomic E-state index is 0.113. The summed E-state index contributed by atoms with van der Waals surface area (Å²) in [4.78, 5) is 12.1. The molecule has 1 N–H and O–H groups in total. The lowest BCUT2D eigenvalue weighted by Gasteiger charge is -2.07. The first-order valence-corrected chi connectivity index (χ1v) is 8.24. The second-order valence-corrected chi connectivity index (χ2v) is 5.80. The number of hydrogen-bond acceptors (Lipinski definition) is 2. The van der Waals surface area contributed by atoms with Crippen molar-refractivity contribution >= 4 is 5.91 Å². The minimum Gasteiger partial charge on any atom is -0.481 e. The summed E-state index contributed by atoms with van der Waals surface area (Å²) in [5.74, 6) is 6.53. The van der Waals surface area contributed by atoms with Crippen molar-refractivity contribution in [1.29, 1.82) is 0 Å². The molecule has 0 saturated carbocycles. The molecule has 128 valence electrons. The standard InChI is InChI=1S/C22H23NO2/c1-4-9-19-10-5-6-11-21(19)25-13-8-7-12-23-22(24)20-15-17(2)14-18(3)16-20/h4-6,10-11,14-16H,1,9,12-13H2,2-3H3,(H,23,24). The lowest BCUT2D eigenvalue weighted by molar-refractivity contribution is 0.0958. The van der Waals surface area contributed by atoms with Crippen LogP contribution in [0.2, 0.25) is 0 Å². The molecule has 25 heavy (non-hydrogen) atoms. The molecule has 2 rings (SSSR count). The van der Waals surface area contributed by atoms with Crippen LogP contribution in [0.4, 0.5) is 0 Å². The van der Waals surface area contributed by atoms with E-state index in [1.165, 1.54) is 0 Å². The van der Waals surface area contributed by atoms with E-state index < -0.39 is 0 Å². The average molecular weight is 333 g/mol. The van der Waals surface area contributed by atoms with E-state index in [4.69, 9.17) is 4.74 Å². The quantitative estimate of drug-likeness (QED) is 0.644. The summed E-state index contributed by atoms with van der Waals surface area (Å²) in [6.45, 7) is 8.28. The predicted molar refractivity (Wildman–Crippen MR) is 102 cm³/mol. The molecule has 0 fully saturated rings. The van der Waals surface area contributed by atoms with Gasteiger partial charge in [0, 0.05) is 5.56 Å². The van der Waals surface area contributed by atoms with E-state index in [1.54, 1.807) is 0 Å². The van der Waals surface area contributed by atoms with Gasteiger partial charge in [-0.25, -0.2) is 0 Å². The lowest BCUT2D eigenvalue weighted by Crippen LogP contribution is -2.23. The summed E-state index contributed by atoms with van der Waals surface area (Å²) in [6.07, 6.45) is 2.60. The number of aryl methyl sites for hydroxylation is 2. The Morgan fingerprint density at radius 2 is 1.88 bits per heavy atom. The highest BCUT2D eigenvalue weighted by Crippen LogP contribution is 2.18. The Hall–Kier alpha value is -2.99. The van der Waals surface area contributed by atoms with Gasteiger partial charge in [-0.1, -0.05) is 53.3 Å². The number of carbonyl (C=O) groups is 1. The molecule has 0 aromatic heterocycles. The predicted octanol–water partition coefficient (Wildman–Crippen LogP) is 3.84. The molecule has 0 aliphatic rings. The van der Waals surface area contributed by atoms with Crippen LogP contribution in [0, 0.1) is 25.7 Å². The number of allylic oxidation sites excluding steroid dienone is 1. The van der Waals surface area contributed by atoms with E-state index in [-0.39, 0.29) is 12.5 Å². The Morgan fingerprint density at radius 3 is 2.60 bits per heavy atom. The van der Waals surface area contributed by atoms with Crippen molar-refractivity contribution in [1.82, 2.24) is 5.32 Å². The van der Waals surface area contributed by atoms with E-state index in [0.29, 0.717) is 12.1 Å². The molecule has 0 heterocycles. The third-order valence-electron chi connectivity index (χ3n) is 3.58. The molecule has 1 amide bonds. The molecule has 2 aromatic rings. The Labute approximate surface area is 149 Å². The van der Waals surface area contributed by atoms with Crippen molar-refractivity contribution in [3.05, 3.63) is 77.4 Å². The van der Waals surface area contributed by atoms with Gasteiger partial charge in [0.25, 0.3) is 5.91 Å². The highest BCUT2D eigenvalue weighted by Gasteiger charge is 2.05. The van der Waals surface area contributed by atoms with Crippen molar-refractivity contribution < 1.29 is 9.53 Å². The minimum atomic E-state index is -0.113. The zero-order valence-corrected chi connectivity index (χ0v) is 14.8. The van der Waals surface area contributed by atoms with Gasteiger partial charge in [-0.3, -0.25) is 4.79 Å². The molecular weight excluding hydrogens is 310 g/mol. The summed E-state index contributed by atoms with van der Waals surface area (Å²) in [5, 5.41) is 2.80. The second kappa shape index (κ2) is 9.34. The van der Waals surface area contributed by atoms with Crippen LogP contribution in [0.1, 0.15) is 27.0 Å². The van der Waals surface area contributed by atoms with E-state index in [0.717, 1.165) is 28.9 Å². The Morgan fingerprint density at radius 1 is 1.16 bits per heavy atom. The summed E-state index contributed by atoms with van der Waals surface area (Å²) >= 11 is 0. The van der Waals surface area contributed by atoms with E-state index in [9.17, 15) is 4.79 Å². The summed E-state index contributed by atoms with van der Waals surface area (Å²) < 4.78 is 5.68. The zero-order chi connectivity index (χ0) is 18.1. The fraction of sp³-hybridized carbons (Fsp3) is 0.227. The molecule has 0 saturated heterocycles. The summed E-state index contributed by atoms with van der Waals surface area (Å²) in [5.41, 5.74) is 3.89. The lowest BCUT2D eigenvalue weighted by atomic mass is 10.1. The third kappa shape index (κ3) is 5.86. The van der Waals surface area contributed by atoms with Gasteiger partial charge in [-0.05, 0) is 44.0 Å². The van der Waals surface area contributed by atoms with Crippen molar-refractivity contribution in [3.63, 3.8) is 0 Å². The Balaban J connectivity index is 1.81. The fourth-order valence-corrected chi connectivity index (χ4v) is 2.53. The van der Waals surface area contributed by atoms with Gasteiger partial charge < -0.3 is 10.1 Å². The Bertz CT molecular complexity index is 792. The number of rotatable bonds is 6. The Kier molecular flexibility index (Phi) is 6.86. The van der Waals surface area contributed by atoms with Gasteiger partial charge in [0.1, 0.15) is 12.4 Å². The van der Waals surface area contributed by atoms with Crippen molar-refractivity contribution in [3.8, 4) is 17.6 Å². The van der Waals surface area contributed by atoms with E-state index in [2.05, 4.69) is 23.7 Å². The SMILES string of the molecule is C=CCc1ccccc1OCC#CCNC(=O)c1cc(C)cc(C)c1. The van der Waals surface area contributed by atoms with Crippen LogP contribution in [-0.4, -0.2) is 19.1 Å². The maximum absolute atomic E-state index is 12.1. The van der Waals surface area contributed by atoms with E-state index in [1.807, 2.05) is 62.4 Å². The fourth-order valence-electron chi connectivity index (χ4n) is 2.53. The highest BCUT2D eigenvalue weighted by molar-refractivity contribution is 5.94. The topological polar surface area (TPSA) is 38.3 Å². The normalized spacial score (nSPS) is 9.68. The van der Waals surface area contributed by atoms with Crippen LogP contribution < -0.4 is 10.1 Å². The largest absolute Gasteiger partial charge is 0.481 e. The van der Waals surface area contributed by atoms with Crippen molar-refractivity contribution in [2.45, 2.75) is 20.3 Å². The average Bonchev–Trinajstić information content (AvgIpc) is 2.58. The van der Waals surface area contributed by atoms with E-state index >= 15 is 0 Å².